The first-order valence-corrected chi connectivity index (χ1v) is 9.34. The number of hydrogen-bond acceptors (Lipinski definition) is 3. The Morgan fingerprint density at radius 3 is 2.77 bits per heavy atom. The van der Waals surface area contributed by atoms with Gasteiger partial charge in [-0.05, 0) is 43.7 Å². The van der Waals surface area contributed by atoms with Crippen molar-refractivity contribution in [3.63, 3.8) is 0 Å². The summed E-state index contributed by atoms with van der Waals surface area (Å²) in [6, 6.07) is 7.87. The van der Waals surface area contributed by atoms with Gasteiger partial charge in [0.1, 0.15) is 5.82 Å². The highest BCUT2D eigenvalue weighted by Gasteiger charge is 2.28. The minimum Gasteiger partial charge on any atom is -0.340 e. The summed E-state index contributed by atoms with van der Waals surface area (Å²) in [6.45, 7) is 4.20. The molecule has 4 rings (SSSR count). The number of nitrogens with one attached hydrogen (secondary N) is 2. The number of fused-ring (bicyclic) bond motifs is 2. The van der Waals surface area contributed by atoms with Crippen LogP contribution in [0.5, 0.6) is 0 Å². The molecule has 2 heterocycles. The maximum atomic E-state index is 13.0. The molecule has 6 nitrogen and oxygen atoms in total. The van der Waals surface area contributed by atoms with E-state index in [-0.39, 0.29) is 17.9 Å². The molecule has 0 fully saturated rings. The van der Waals surface area contributed by atoms with E-state index in [9.17, 15) is 4.79 Å². The van der Waals surface area contributed by atoms with Crippen LogP contribution < -0.4 is 5.32 Å². The highest BCUT2D eigenvalue weighted by Crippen LogP contribution is 2.27. The van der Waals surface area contributed by atoms with Crippen LogP contribution in [0.4, 0.5) is 0 Å². The van der Waals surface area contributed by atoms with Gasteiger partial charge in [0, 0.05) is 18.3 Å². The van der Waals surface area contributed by atoms with E-state index in [4.69, 9.17) is 4.98 Å². The summed E-state index contributed by atoms with van der Waals surface area (Å²) in [6.07, 6.45) is 4.18. The van der Waals surface area contributed by atoms with E-state index in [2.05, 4.69) is 40.0 Å². The zero-order chi connectivity index (χ0) is 18.3. The molecular weight excluding hydrogens is 326 g/mol. The van der Waals surface area contributed by atoms with Crippen LogP contribution in [-0.4, -0.2) is 25.7 Å². The van der Waals surface area contributed by atoms with E-state index in [1.165, 1.54) is 0 Å². The Kier molecular flexibility index (Phi) is 4.26. The van der Waals surface area contributed by atoms with E-state index < -0.39 is 0 Å². The Hall–Kier alpha value is -2.63. The van der Waals surface area contributed by atoms with Gasteiger partial charge >= 0.3 is 0 Å². The molecular formula is C20H25N5O. The third-order valence-corrected chi connectivity index (χ3v) is 5.32. The lowest BCUT2D eigenvalue weighted by Gasteiger charge is -2.22. The SMILES string of the molecule is CC(C)[C@@H](NC(=O)c1n[nH]c2c1CCCC2)c1nc2ccccc2n1C. The van der Waals surface area contributed by atoms with Gasteiger partial charge in [-0.25, -0.2) is 4.98 Å². The minimum absolute atomic E-state index is 0.116. The molecule has 0 saturated carbocycles. The molecule has 26 heavy (non-hydrogen) atoms. The molecule has 6 heteroatoms. The molecule has 1 aliphatic carbocycles. The Morgan fingerprint density at radius 2 is 2.00 bits per heavy atom. The van der Waals surface area contributed by atoms with Crippen molar-refractivity contribution >= 4 is 16.9 Å². The Bertz CT molecular complexity index is 952. The molecule has 0 saturated heterocycles. The summed E-state index contributed by atoms with van der Waals surface area (Å²) in [7, 11) is 2.00. The van der Waals surface area contributed by atoms with Crippen molar-refractivity contribution in [1.82, 2.24) is 25.1 Å². The van der Waals surface area contributed by atoms with Gasteiger partial charge in [0.15, 0.2) is 5.69 Å². The number of rotatable bonds is 4. The van der Waals surface area contributed by atoms with E-state index in [0.717, 1.165) is 53.8 Å². The first-order valence-electron chi connectivity index (χ1n) is 9.34. The monoisotopic (exact) mass is 351 g/mol. The zero-order valence-corrected chi connectivity index (χ0v) is 15.5. The molecule has 0 unspecified atom stereocenters. The standard InChI is InChI=1S/C20H25N5O/c1-12(2)17(19-21-15-10-6-7-11-16(15)25(19)3)22-20(26)18-13-8-4-5-9-14(13)23-24-18/h6-7,10-12,17H,4-5,8-9H2,1-3H3,(H,22,26)(H,23,24)/t17-/m1/s1. The number of carbonyl (C=O) groups excluding carboxylic acids is 1. The molecule has 136 valence electrons. The zero-order valence-electron chi connectivity index (χ0n) is 15.5. The number of imidazole rings is 1. The number of aromatic nitrogens is 4. The number of benzene rings is 1. The molecule has 1 aliphatic rings. The van der Waals surface area contributed by atoms with Gasteiger partial charge in [0.2, 0.25) is 0 Å². The lowest BCUT2D eigenvalue weighted by molar-refractivity contribution is 0.0916. The van der Waals surface area contributed by atoms with Crippen LogP contribution in [0.3, 0.4) is 0 Å². The van der Waals surface area contributed by atoms with Crippen LogP contribution in [0, 0.1) is 5.92 Å². The molecule has 0 spiro atoms. The van der Waals surface area contributed by atoms with Gasteiger partial charge < -0.3 is 9.88 Å². The topological polar surface area (TPSA) is 75.6 Å². The highest BCUT2D eigenvalue weighted by atomic mass is 16.2. The van der Waals surface area contributed by atoms with E-state index >= 15 is 0 Å². The lowest BCUT2D eigenvalue weighted by atomic mass is 9.95. The van der Waals surface area contributed by atoms with Gasteiger partial charge in [0.05, 0.1) is 17.1 Å². The molecule has 0 aliphatic heterocycles. The van der Waals surface area contributed by atoms with E-state index in [1.54, 1.807) is 0 Å². The molecule has 3 aromatic rings. The maximum absolute atomic E-state index is 13.0. The predicted molar refractivity (Wildman–Crippen MR) is 101 cm³/mol. The fourth-order valence-electron chi connectivity index (χ4n) is 3.85. The van der Waals surface area contributed by atoms with Crippen LogP contribution in [0.15, 0.2) is 24.3 Å². The molecule has 1 aromatic carbocycles. The minimum atomic E-state index is -0.171. The quantitative estimate of drug-likeness (QED) is 0.757. The van der Waals surface area contributed by atoms with Crippen LogP contribution >= 0.6 is 0 Å². The summed E-state index contributed by atoms with van der Waals surface area (Å²) in [5.41, 5.74) is 4.76. The molecule has 0 radical (unpaired) electrons. The number of aryl methyl sites for hydroxylation is 2. The molecule has 0 bridgehead atoms. The average molecular weight is 351 g/mol. The van der Waals surface area contributed by atoms with Crippen molar-refractivity contribution < 1.29 is 4.79 Å². The average Bonchev–Trinajstić information content (AvgIpc) is 3.21. The smallest absolute Gasteiger partial charge is 0.272 e. The maximum Gasteiger partial charge on any atom is 0.272 e. The number of aromatic amines is 1. The van der Waals surface area contributed by atoms with Crippen molar-refractivity contribution in [2.75, 3.05) is 0 Å². The van der Waals surface area contributed by atoms with Crippen molar-refractivity contribution in [2.24, 2.45) is 13.0 Å². The second-order valence-electron chi connectivity index (χ2n) is 7.45. The van der Waals surface area contributed by atoms with Crippen molar-refractivity contribution in [2.45, 2.75) is 45.6 Å². The Morgan fingerprint density at radius 1 is 1.23 bits per heavy atom. The lowest BCUT2D eigenvalue weighted by Crippen LogP contribution is -2.34. The number of amides is 1. The second kappa shape index (κ2) is 6.59. The van der Waals surface area contributed by atoms with Crippen molar-refractivity contribution in [3.8, 4) is 0 Å². The number of nitrogens with zero attached hydrogens (tertiary/aromatic N) is 3. The third kappa shape index (κ3) is 2.79. The normalized spacial score (nSPS) is 15.2. The van der Waals surface area contributed by atoms with E-state index in [0.29, 0.717) is 5.69 Å². The third-order valence-electron chi connectivity index (χ3n) is 5.32. The summed E-state index contributed by atoms with van der Waals surface area (Å²) < 4.78 is 2.07. The molecule has 1 atom stereocenters. The summed E-state index contributed by atoms with van der Waals surface area (Å²) in [4.78, 5) is 17.7. The van der Waals surface area contributed by atoms with Crippen LogP contribution in [0.2, 0.25) is 0 Å². The van der Waals surface area contributed by atoms with Gasteiger partial charge in [-0.1, -0.05) is 26.0 Å². The Labute approximate surface area is 153 Å². The van der Waals surface area contributed by atoms with Crippen molar-refractivity contribution in [1.29, 1.82) is 0 Å². The van der Waals surface area contributed by atoms with Gasteiger partial charge in [0.25, 0.3) is 5.91 Å². The second-order valence-corrected chi connectivity index (χ2v) is 7.45. The van der Waals surface area contributed by atoms with E-state index in [1.807, 2.05) is 25.2 Å². The first-order chi connectivity index (χ1) is 12.6. The summed E-state index contributed by atoms with van der Waals surface area (Å²) in [5, 5.41) is 10.5. The molecule has 2 aromatic heterocycles. The first kappa shape index (κ1) is 16.8. The predicted octanol–water partition coefficient (Wildman–Crippen LogP) is 3.30. The molecule has 2 N–H and O–H groups in total. The Balaban J connectivity index is 1.66. The fraction of sp³-hybridized carbons (Fsp3) is 0.450. The molecule has 1 amide bonds. The van der Waals surface area contributed by atoms with Crippen LogP contribution in [-0.2, 0) is 19.9 Å². The van der Waals surface area contributed by atoms with Crippen LogP contribution in [0.1, 0.15) is 60.3 Å². The summed E-state index contributed by atoms with van der Waals surface area (Å²) in [5.74, 6) is 0.971. The van der Waals surface area contributed by atoms with Crippen LogP contribution in [0.25, 0.3) is 11.0 Å². The fourth-order valence-corrected chi connectivity index (χ4v) is 3.85. The number of H-pyrrole nitrogens is 1. The van der Waals surface area contributed by atoms with Gasteiger partial charge in [-0.3, -0.25) is 9.89 Å². The number of para-hydroxylation sites is 2. The van der Waals surface area contributed by atoms with Gasteiger partial charge in [-0.2, -0.15) is 5.10 Å². The van der Waals surface area contributed by atoms with Gasteiger partial charge in [-0.15, -0.1) is 0 Å². The van der Waals surface area contributed by atoms with Crippen molar-refractivity contribution in [3.05, 3.63) is 47.0 Å². The highest BCUT2D eigenvalue weighted by molar-refractivity contribution is 5.94. The number of hydrogen-bond donors (Lipinski definition) is 2. The summed E-state index contributed by atoms with van der Waals surface area (Å²) >= 11 is 0. The largest absolute Gasteiger partial charge is 0.340 e. The number of carbonyl (C=O) groups is 1.